The lowest BCUT2D eigenvalue weighted by Gasteiger charge is -2.27. The second-order valence-corrected chi connectivity index (χ2v) is 7.63. The Morgan fingerprint density at radius 2 is 2.00 bits per heavy atom. The molecule has 2 atom stereocenters. The number of aliphatic hydroxyl groups is 1. The van der Waals surface area contributed by atoms with Crippen LogP contribution >= 0.6 is 11.3 Å². The van der Waals surface area contributed by atoms with Crippen LogP contribution in [0, 0.1) is 19.8 Å². The fraction of sp³-hybridized carbons (Fsp3) is 0.647. The van der Waals surface area contributed by atoms with Crippen molar-refractivity contribution in [1.29, 1.82) is 0 Å². The van der Waals surface area contributed by atoms with E-state index in [4.69, 9.17) is 0 Å². The molecule has 0 saturated heterocycles. The SMILES string of the molecule is Cc1cc(C(=O)CCC(=O)NC[C@@H]2CCCC[C@H]2O)c(C)s1. The van der Waals surface area contributed by atoms with Crippen molar-refractivity contribution in [3.63, 3.8) is 0 Å². The van der Waals surface area contributed by atoms with E-state index >= 15 is 0 Å². The zero-order chi connectivity index (χ0) is 16.1. The number of ketones is 1. The molecule has 1 heterocycles. The fourth-order valence-electron chi connectivity index (χ4n) is 3.03. The van der Waals surface area contributed by atoms with Crippen LogP contribution in [-0.2, 0) is 4.79 Å². The summed E-state index contributed by atoms with van der Waals surface area (Å²) in [5.41, 5.74) is 0.748. The van der Waals surface area contributed by atoms with Gasteiger partial charge in [0.15, 0.2) is 5.78 Å². The molecule has 22 heavy (non-hydrogen) atoms. The number of hydrogen-bond acceptors (Lipinski definition) is 4. The first-order valence-electron chi connectivity index (χ1n) is 8.02. The first-order chi connectivity index (χ1) is 10.5. The van der Waals surface area contributed by atoms with Crippen molar-refractivity contribution in [2.24, 2.45) is 5.92 Å². The Labute approximate surface area is 135 Å². The molecule has 4 nitrogen and oxygen atoms in total. The van der Waals surface area contributed by atoms with Gasteiger partial charge in [0, 0.05) is 40.6 Å². The summed E-state index contributed by atoms with van der Waals surface area (Å²) < 4.78 is 0. The molecule has 0 radical (unpaired) electrons. The standard InChI is InChI=1S/C17H25NO3S/c1-11-9-14(12(2)22-11)16(20)7-8-17(21)18-10-13-5-3-4-6-15(13)19/h9,13,15,19H,3-8,10H2,1-2H3,(H,18,21)/t13-,15+/m0/s1. The molecule has 1 aliphatic rings. The molecule has 2 rings (SSSR count). The zero-order valence-electron chi connectivity index (χ0n) is 13.4. The lowest BCUT2D eigenvalue weighted by molar-refractivity contribution is -0.121. The number of rotatable bonds is 6. The molecule has 0 bridgehead atoms. The summed E-state index contributed by atoms with van der Waals surface area (Å²) in [6.07, 6.45) is 4.15. The monoisotopic (exact) mass is 323 g/mol. The van der Waals surface area contributed by atoms with Gasteiger partial charge in [0.2, 0.25) is 5.91 Å². The average Bonchev–Trinajstić information content (AvgIpc) is 2.82. The predicted molar refractivity (Wildman–Crippen MR) is 88.3 cm³/mol. The third kappa shape index (κ3) is 4.65. The maximum atomic E-state index is 12.1. The molecule has 2 N–H and O–H groups in total. The van der Waals surface area contributed by atoms with Gasteiger partial charge >= 0.3 is 0 Å². The van der Waals surface area contributed by atoms with E-state index in [9.17, 15) is 14.7 Å². The van der Waals surface area contributed by atoms with Crippen LogP contribution < -0.4 is 5.32 Å². The molecule has 1 aromatic heterocycles. The molecular formula is C17H25NO3S. The quantitative estimate of drug-likeness (QED) is 0.791. The Morgan fingerprint density at radius 1 is 1.27 bits per heavy atom. The molecule has 1 amide bonds. The number of Topliss-reactive ketones (excluding diaryl/α,β-unsaturated/α-hetero) is 1. The van der Waals surface area contributed by atoms with Crippen molar-refractivity contribution >= 4 is 23.0 Å². The first kappa shape index (κ1) is 17.2. The highest BCUT2D eigenvalue weighted by atomic mass is 32.1. The van der Waals surface area contributed by atoms with Crippen LogP contribution in [0.15, 0.2) is 6.07 Å². The molecule has 5 heteroatoms. The van der Waals surface area contributed by atoms with E-state index in [0.29, 0.717) is 6.54 Å². The number of hydrogen-bond donors (Lipinski definition) is 2. The summed E-state index contributed by atoms with van der Waals surface area (Å²) in [5.74, 6) is 0.0978. The molecule has 1 aliphatic carbocycles. The highest BCUT2D eigenvalue weighted by molar-refractivity contribution is 7.12. The molecule has 1 fully saturated rings. The van der Waals surface area contributed by atoms with E-state index in [1.165, 1.54) is 0 Å². The molecule has 0 spiro atoms. The van der Waals surface area contributed by atoms with Crippen molar-refractivity contribution in [1.82, 2.24) is 5.32 Å². The molecule has 0 unspecified atom stereocenters. The topological polar surface area (TPSA) is 66.4 Å². The van der Waals surface area contributed by atoms with Crippen molar-refractivity contribution in [2.75, 3.05) is 6.54 Å². The Hall–Kier alpha value is -1.20. The Balaban J connectivity index is 1.73. The Kier molecular flexibility index (Phi) is 6.15. The number of aliphatic hydroxyl groups excluding tert-OH is 1. The maximum Gasteiger partial charge on any atom is 0.220 e. The van der Waals surface area contributed by atoms with Gasteiger partial charge in [-0.1, -0.05) is 12.8 Å². The maximum absolute atomic E-state index is 12.1. The van der Waals surface area contributed by atoms with Crippen LogP contribution in [0.4, 0.5) is 0 Å². The van der Waals surface area contributed by atoms with E-state index in [-0.39, 0.29) is 36.6 Å². The third-order valence-corrected chi connectivity index (χ3v) is 5.32. The predicted octanol–water partition coefficient (Wildman–Crippen LogP) is 3.00. The number of thiophene rings is 1. The van der Waals surface area contributed by atoms with Crippen LogP contribution in [0.3, 0.4) is 0 Å². The van der Waals surface area contributed by atoms with Crippen molar-refractivity contribution in [2.45, 2.75) is 58.5 Å². The number of amides is 1. The summed E-state index contributed by atoms with van der Waals surface area (Å²) in [6, 6.07) is 1.90. The Morgan fingerprint density at radius 3 is 2.64 bits per heavy atom. The minimum absolute atomic E-state index is 0.0368. The second kappa shape index (κ2) is 7.88. The second-order valence-electron chi connectivity index (χ2n) is 6.17. The third-order valence-electron chi connectivity index (χ3n) is 4.35. The fourth-order valence-corrected chi connectivity index (χ4v) is 3.97. The lowest BCUT2D eigenvalue weighted by Crippen LogP contribution is -2.36. The molecule has 122 valence electrons. The zero-order valence-corrected chi connectivity index (χ0v) is 14.2. The van der Waals surface area contributed by atoms with Gasteiger partial charge in [0.05, 0.1) is 6.10 Å². The average molecular weight is 323 g/mol. The van der Waals surface area contributed by atoms with Gasteiger partial charge in [0.1, 0.15) is 0 Å². The Bertz CT molecular complexity index is 538. The number of carbonyl (C=O) groups excluding carboxylic acids is 2. The van der Waals surface area contributed by atoms with Crippen LogP contribution in [0.25, 0.3) is 0 Å². The molecule has 0 aromatic carbocycles. The summed E-state index contributed by atoms with van der Waals surface area (Å²) in [4.78, 5) is 26.1. The lowest BCUT2D eigenvalue weighted by atomic mass is 9.86. The van der Waals surface area contributed by atoms with E-state index < -0.39 is 0 Å². The molecule has 0 aliphatic heterocycles. The summed E-state index contributed by atoms with van der Waals surface area (Å²) in [5, 5.41) is 12.7. The van der Waals surface area contributed by atoms with Gasteiger partial charge in [-0.15, -0.1) is 11.3 Å². The minimum atomic E-state index is -0.299. The van der Waals surface area contributed by atoms with Crippen LogP contribution in [0.2, 0.25) is 0 Å². The summed E-state index contributed by atoms with van der Waals surface area (Å²) >= 11 is 1.61. The van der Waals surface area contributed by atoms with E-state index in [1.807, 2.05) is 19.9 Å². The highest BCUT2D eigenvalue weighted by Crippen LogP contribution is 2.24. The van der Waals surface area contributed by atoms with Crippen molar-refractivity contribution in [3.05, 3.63) is 21.4 Å². The van der Waals surface area contributed by atoms with Gasteiger partial charge in [0.25, 0.3) is 0 Å². The number of carbonyl (C=O) groups is 2. The van der Waals surface area contributed by atoms with Gasteiger partial charge in [-0.25, -0.2) is 0 Å². The van der Waals surface area contributed by atoms with Gasteiger partial charge in [-0.05, 0) is 32.8 Å². The van der Waals surface area contributed by atoms with E-state index in [2.05, 4.69) is 5.32 Å². The first-order valence-corrected chi connectivity index (χ1v) is 8.84. The van der Waals surface area contributed by atoms with E-state index in [0.717, 1.165) is 41.0 Å². The summed E-state index contributed by atoms with van der Waals surface area (Å²) in [6.45, 7) is 4.44. The van der Waals surface area contributed by atoms with Crippen molar-refractivity contribution < 1.29 is 14.7 Å². The molecule has 1 aromatic rings. The summed E-state index contributed by atoms with van der Waals surface area (Å²) in [7, 11) is 0. The van der Waals surface area contributed by atoms with Crippen LogP contribution in [0.5, 0.6) is 0 Å². The van der Waals surface area contributed by atoms with E-state index in [1.54, 1.807) is 11.3 Å². The van der Waals surface area contributed by atoms with Crippen molar-refractivity contribution in [3.8, 4) is 0 Å². The van der Waals surface area contributed by atoms with Gasteiger partial charge in [-0.3, -0.25) is 9.59 Å². The van der Waals surface area contributed by atoms with Crippen LogP contribution in [-0.4, -0.2) is 29.4 Å². The largest absolute Gasteiger partial charge is 0.393 e. The van der Waals surface area contributed by atoms with Gasteiger partial charge in [-0.2, -0.15) is 0 Å². The minimum Gasteiger partial charge on any atom is -0.393 e. The smallest absolute Gasteiger partial charge is 0.220 e. The normalized spacial score (nSPS) is 21.6. The van der Waals surface area contributed by atoms with Crippen LogP contribution in [0.1, 0.15) is 58.6 Å². The molecular weight excluding hydrogens is 298 g/mol. The van der Waals surface area contributed by atoms with Gasteiger partial charge < -0.3 is 10.4 Å². The molecule has 1 saturated carbocycles. The number of aryl methyl sites for hydroxylation is 2. The number of nitrogens with one attached hydrogen (secondary N) is 1. The highest BCUT2D eigenvalue weighted by Gasteiger charge is 2.23.